The summed E-state index contributed by atoms with van der Waals surface area (Å²) in [6.07, 6.45) is 10.1. The fourth-order valence-corrected chi connectivity index (χ4v) is 14.2. The highest BCUT2D eigenvalue weighted by Gasteiger charge is 2.22. The van der Waals surface area contributed by atoms with Gasteiger partial charge in [0.25, 0.3) is 0 Å². The fourth-order valence-electron chi connectivity index (χ4n) is 2.48. The molecular weight excluding hydrogens is 272 g/mol. The molecule has 0 rings (SSSR count). The molecule has 0 spiro atoms. The van der Waals surface area contributed by atoms with Gasteiger partial charge in [0.1, 0.15) is 0 Å². The van der Waals surface area contributed by atoms with Crippen LogP contribution in [0.15, 0.2) is 0 Å². The quantitative estimate of drug-likeness (QED) is 0.276. The molecule has 0 amide bonds. The number of rotatable bonds is 13. The molecule has 0 N–H and O–H groups in total. The second kappa shape index (κ2) is 12.9. The summed E-state index contributed by atoms with van der Waals surface area (Å²) in [5, 5.41) is 0. The van der Waals surface area contributed by atoms with Crippen LogP contribution >= 0.6 is 22.1 Å². The van der Waals surface area contributed by atoms with Crippen LogP contribution in [0.25, 0.3) is 0 Å². The monoisotopic (exact) mass is 308 g/mol. The molecular formula is C15H36S2Si. The van der Waals surface area contributed by atoms with Crippen LogP contribution < -0.4 is 0 Å². The minimum Gasteiger partial charge on any atom is -0.259 e. The van der Waals surface area contributed by atoms with Gasteiger partial charge >= 0.3 is 0 Å². The van der Waals surface area contributed by atoms with Gasteiger partial charge in [-0.15, -0.1) is 0 Å². The van der Waals surface area contributed by atoms with Crippen LogP contribution in [0.4, 0.5) is 0 Å². The molecule has 0 fully saturated rings. The maximum Gasteiger partial charge on any atom is 0.0656 e. The minimum atomic E-state index is -0.150. The first-order chi connectivity index (χ1) is 8.74. The molecule has 0 aliphatic rings. The van der Waals surface area contributed by atoms with E-state index in [2.05, 4.69) is 33.4 Å². The van der Waals surface area contributed by atoms with Gasteiger partial charge in [-0.3, -0.25) is 9.48 Å². The van der Waals surface area contributed by atoms with Crippen molar-refractivity contribution in [2.75, 3.05) is 23.0 Å². The smallest absolute Gasteiger partial charge is 0.0656 e. The number of hydrogen-bond donors (Lipinski definition) is 1. The summed E-state index contributed by atoms with van der Waals surface area (Å²) in [6, 6.07) is 1.57. The van der Waals surface area contributed by atoms with Crippen LogP contribution in [-0.4, -0.2) is 31.7 Å². The SMILES string of the molecule is CCCCS(CCCC)(CCCC)[SiH2]CCCS. The molecule has 18 heavy (non-hydrogen) atoms. The van der Waals surface area contributed by atoms with Gasteiger partial charge in [-0.25, -0.2) is 0 Å². The lowest BCUT2D eigenvalue weighted by molar-refractivity contribution is 0.852. The van der Waals surface area contributed by atoms with Gasteiger partial charge < -0.3 is 0 Å². The fraction of sp³-hybridized carbons (Fsp3) is 1.00. The predicted octanol–water partition coefficient (Wildman–Crippen LogP) is 5.01. The molecule has 0 aliphatic carbocycles. The zero-order valence-corrected chi connectivity index (χ0v) is 16.2. The molecule has 0 saturated heterocycles. The van der Waals surface area contributed by atoms with Gasteiger partial charge in [0.05, 0.1) is 8.67 Å². The highest BCUT2D eigenvalue weighted by atomic mass is 32.4. The third kappa shape index (κ3) is 8.92. The van der Waals surface area contributed by atoms with Crippen LogP contribution in [0, 0.1) is 0 Å². The molecule has 0 heterocycles. The van der Waals surface area contributed by atoms with Crippen LogP contribution in [0.1, 0.15) is 65.7 Å². The van der Waals surface area contributed by atoms with Crippen LogP contribution in [-0.2, 0) is 0 Å². The van der Waals surface area contributed by atoms with Crippen molar-refractivity contribution < 1.29 is 0 Å². The number of unbranched alkanes of at least 4 members (excludes halogenated alkanes) is 3. The van der Waals surface area contributed by atoms with Crippen molar-refractivity contribution in [3.05, 3.63) is 0 Å². The molecule has 112 valence electrons. The Morgan fingerprint density at radius 3 is 1.56 bits per heavy atom. The Kier molecular flexibility index (Phi) is 13.6. The Labute approximate surface area is 125 Å². The summed E-state index contributed by atoms with van der Waals surface area (Å²) >= 11 is 4.39. The highest BCUT2D eigenvalue weighted by molar-refractivity contribution is 8.52. The highest BCUT2D eigenvalue weighted by Crippen LogP contribution is 2.49. The maximum absolute atomic E-state index is 4.39. The third-order valence-corrected chi connectivity index (χ3v) is 15.3. The van der Waals surface area contributed by atoms with Gasteiger partial charge in [-0.05, 0) is 48.7 Å². The molecule has 0 aromatic carbocycles. The molecule has 0 nitrogen and oxygen atoms in total. The first-order valence-electron chi connectivity index (χ1n) is 8.09. The molecule has 0 aliphatic heterocycles. The van der Waals surface area contributed by atoms with Crippen molar-refractivity contribution in [2.45, 2.75) is 71.8 Å². The normalized spacial score (nSPS) is 13.6. The van der Waals surface area contributed by atoms with Crippen LogP contribution in [0.3, 0.4) is 0 Å². The van der Waals surface area contributed by atoms with Gasteiger partial charge in [0, 0.05) is 0 Å². The van der Waals surface area contributed by atoms with E-state index in [4.69, 9.17) is 0 Å². The lowest BCUT2D eigenvalue weighted by Gasteiger charge is -2.41. The zero-order chi connectivity index (χ0) is 13.7. The number of thiol groups is 1. The van der Waals surface area contributed by atoms with Crippen molar-refractivity contribution in [3.8, 4) is 0 Å². The lowest BCUT2D eigenvalue weighted by Crippen LogP contribution is -2.20. The van der Waals surface area contributed by atoms with E-state index >= 15 is 0 Å². The topological polar surface area (TPSA) is 0 Å². The Morgan fingerprint density at radius 1 is 0.778 bits per heavy atom. The Morgan fingerprint density at radius 2 is 1.22 bits per heavy atom. The molecule has 0 saturated carbocycles. The Bertz CT molecular complexity index is 152. The molecule has 0 atom stereocenters. The van der Waals surface area contributed by atoms with Gasteiger partial charge in [0.2, 0.25) is 0 Å². The third-order valence-electron chi connectivity index (χ3n) is 3.78. The summed E-state index contributed by atoms with van der Waals surface area (Å²) in [5.74, 6) is 5.95. The van der Waals surface area contributed by atoms with E-state index in [9.17, 15) is 0 Å². The maximum atomic E-state index is 4.39. The van der Waals surface area contributed by atoms with E-state index in [1.807, 2.05) is 0 Å². The van der Waals surface area contributed by atoms with Crippen molar-refractivity contribution in [1.82, 2.24) is 0 Å². The van der Waals surface area contributed by atoms with Crippen molar-refractivity contribution in [1.29, 1.82) is 0 Å². The van der Waals surface area contributed by atoms with E-state index in [1.54, 1.807) is 23.3 Å². The zero-order valence-electron chi connectivity index (χ0n) is 13.0. The summed E-state index contributed by atoms with van der Waals surface area (Å²) in [6.45, 7) is 7.08. The van der Waals surface area contributed by atoms with E-state index in [0.29, 0.717) is 0 Å². The van der Waals surface area contributed by atoms with E-state index < -0.39 is 0 Å². The van der Waals surface area contributed by atoms with Gasteiger partial charge in [0.15, 0.2) is 0 Å². The Hall–Kier alpha value is 0.917. The van der Waals surface area contributed by atoms with Crippen molar-refractivity contribution in [3.63, 3.8) is 0 Å². The largest absolute Gasteiger partial charge is 0.259 e. The summed E-state index contributed by atoms with van der Waals surface area (Å²) in [7, 11) is 0.0307. The summed E-state index contributed by atoms with van der Waals surface area (Å²) in [4.78, 5) is 0. The van der Waals surface area contributed by atoms with Gasteiger partial charge in [-0.1, -0.05) is 46.1 Å². The molecule has 3 heteroatoms. The molecule has 0 bridgehead atoms. The second-order valence-electron chi connectivity index (χ2n) is 5.53. The average Bonchev–Trinajstić information content (AvgIpc) is 2.40. The van der Waals surface area contributed by atoms with E-state index in [1.165, 1.54) is 44.9 Å². The number of hydrogen-bond acceptors (Lipinski definition) is 1. The second-order valence-corrected chi connectivity index (χ2v) is 15.7. The van der Waals surface area contributed by atoms with Gasteiger partial charge in [-0.2, -0.15) is 12.6 Å². The first kappa shape index (κ1) is 18.9. The summed E-state index contributed by atoms with van der Waals surface area (Å²) in [5.41, 5.74) is 0. The van der Waals surface area contributed by atoms with Crippen LogP contribution in [0.2, 0.25) is 6.04 Å². The van der Waals surface area contributed by atoms with E-state index in [0.717, 1.165) is 5.75 Å². The standard InChI is InChI=1S/C15H36S2Si/c1-4-7-12-17(13-8-5-2,14-9-6-3)18-15-10-11-16/h16H,4-15,18H2,1-3H3. The lowest BCUT2D eigenvalue weighted by atomic mass is 10.4. The van der Waals surface area contributed by atoms with Crippen LogP contribution in [0.5, 0.6) is 0 Å². The summed E-state index contributed by atoms with van der Waals surface area (Å²) < 4.78 is 0. The molecule has 0 aromatic rings. The average molecular weight is 309 g/mol. The van der Waals surface area contributed by atoms with E-state index in [-0.39, 0.29) is 18.1 Å². The van der Waals surface area contributed by atoms with Crippen molar-refractivity contribution in [2.24, 2.45) is 0 Å². The predicted molar refractivity (Wildman–Crippen MR) is 98.7 cm³/mol. The van der Waals surface area contributed by atoms with Crippen molar-refractivity contribution >= 4 is 30.8 Å². The Balaban J connectivity index is 4.41. The minimum absolute atomic E-state index is 0.150. The molecule has 0 aromatic heterocycles. The first-order valence-corrected chi connectivity index (χ1v) is 13.8. The molecule has 0 unspecified atom stereocenters. The molecule has 0 radical (unpaired) electrons.